The Morgan fingerprint density at radius 2 is 2.07 bits per heavy atom. The SMILES string of the molecule is Cc1ccc(N2CCC(N)(CF)C2)cc1. The fourth-order valence-corrected chi connectivity index (χ4v) is 1.98. The van der Waals surface area contributed by atoms with Crippen molar-refractivity contribution in [3.8, 4) is 0 Å². The monoisotopic (exact) mass is 208 g/mol. The molecule has 0 spiro atoms. The molecular formula is C12H17FN2. The summed E-state index contributed by atoms with van der Waals surface area (Å²) in [7, 11) is 0. The number of aryl methyl sites for hydroxylation is 1. The third kappa shape index (κ3) is 2.12. The van der Waals surface area contributed by atoms with E-state index in [2.05, 4.69) is 36.1 Å². The van der Waals surface area contributed by atoms with E-state index in [1.165, 1.54) is 5.56 Å². The molecular weight excluding hydrogens is 191 g/mol. The van der Waals surface area contributed by atoms with Crippen LogP contribution in [0.15, 0.2) is 24.3 Å². The molecule has 0 amide bonds. The molecule has 0 radical (unpaired) electrons. The number of benzene rings is 1. The molecule has 2 nitrogen and oxygen atoms in total. The summed E-state index contributed by atoms with van der Waals surface area (Å²) < 4.78 is 12.7. The summed E-state index contributed by atoms with van der Waals surface area (Å²) in [4.78, 5) is 2.15. The Balaban J connectivity index is 2.11. The summed E-state index contributed by atoms with van der Waals surface area (Å²) in [6.45, 7) is 3.09. The zero-order valence-electron chi connectivity index (χ0n) is 9.04. The number of rotatable bonds is 2. The minimum atomic E-state index is -0.634. The van der Waals surface area contributed by atoms with Crippen LogP contribution in [0.1, 0.15) is 12.0 Å². The van der Waals surface area contributed by atoms with Crippen LogP contribution in [0.5, 0.6) is 0 Å². The molecule has 1 heterocycles. The van der Waals surface area contributed by atoms with E-state index in [4.69, 9.17) is 5.73 Å². The van der Waals surface area contributed by atoms with E-state index in [1.807, 2.05) is 0 Å². The first-order valence-corrected chi connectivity index (χ1v) is 5.29. The average Bonchev–Trinajstić information content (AvgIpc) is 2.63. The highest BCUT2D eigenvalue weighted by Crippen LogP contribution is 2.25. The zero-order valence-corrected chi connectivity index (χ0v) is 9.04. The van der Waals surface area contributed by atoms with E-state index >= 15 is 0 Å². The van der Waals surface area contributed by atoms with Gasteiger partial charge in [-0.2, -0.15) is 0 Å². The number of nitrogens with two attached hydrogens (primary N) is 1. The van der Waals surface area contributed by atoms with Crippen LogP contribution in [-0.2, 0) is 0 Å². The molecule has 0 bridgehead atoms. The summed E-state index contributed by atoms with van der Waals surface area (Å²) in [5.41, 5.74) is 7.64. The van der Waals surface area contributed by atoms with Crippen molar-refractivity contribution in [3.63, 3.8) is 0 Å². The van der Waals surface area contributed by atoms with Crippen molar-refractivity contribution in [1.29, 1.82) is 0 Å². The third-order valence-corrected chi connectivity index (χ3v) is 3.05. The summed E-state index contributed by atoms with van der Waals surface area (Å²) >= 11 is 0. The fraction of sp³-hybridized carbons (Fsp3) is 0.500. The van der Waals surface area contributed by atoms with Crippen LogP contribution in [-0.4, -0.2) is 25.3 Å². The predicted molar refractivity (Wildman–Crippen MR) is 60.9 cm³/mol. The topological polar surface area (TPSA) is 29.3 Å². The first-order valence-electron chi connectivity index (χ1n) is 5.29. The number of alkyl halides is 1. The first kappa shape index (κ1) is 10.4. The molecule has 1 aliphatic heterocycles. The highest BCUT2D eigenvalue weighted by Gasteiger charge is 2.34. The number of hydrogen-bond acceptors (Lipinski definition) is 2. The molecule has 82 valence electrons. The van der Waals surface area contributed by atoms with Gasteiger partial charge in [-0.1, -0.05) is 17.7 Å². The van der Waals surface area contributed by atoms with Crippen molar-refractivity contribution in [2.75, 3.05) is 24.7 Å². The lowest BCUT2D eigenvalue weighted by Crippen LogP contribution is -2.44. The van der Waals surface area contributed by atoms with Crippen molar-refractivity contribution in [2.45, 2.75) is 18.9 Å². The minimum absolute atomic E-state index is 0.435. The lowest BCUT2D eigenvalue weighted by molar-refractivity contribution is 0.330. The van der Waals surface area contributed by atoms with Crippen LogP contribution in [0, 0.1) is 6.92 Å². The number of nitrogens with zero attached hydrogens (tertiary/aromatic N) is 1. The van der Waals surface area contributed by atoms with E-state index in [0.29, 0.717) is 6.54 Å². The zero-order chi connectivity index (χ0) is 10.9. The van der Waals surface area contributed by atoms with Crippen LogP contribution >= 0.6 is 0 Å². The quantitative estimate of drug-likeness (QED) is 0.804. The second kappa shape index (κ2) is 3.81. The van der Waals surface area contributed by atoms with Gasteiger partial charge in [0.05, 0.1) is 5.54 Å². The van der Waals surface area contributed by atoms with Crippen LogP contribution < -0.4 is 10.6 Å². The number of anilines is 1. The summed E-state index contributed by atoms with van der Waals surface area (Å²) in [5, 5.41) is 0. The summed E-state index contributed by atoms with van der Waals surface area (Å²) in [5.74, 6) is 0. The lowest BCUT2D eigenvalue weighted by atomic mass is 10.0. The highest BCUT2D eigenvalue weighted by atomic mass is 19.1. The second-order valence-corrected chi connectivity index (χ2v) is 4.50. The Morgan fingerprint density at radius 1 is 1.40 bits per heavy atom. The maximum absolute atomic E-state index is 12.7. The highest BCUT2D eigenvalue weighted by molar-refractivity contribution is 5.49. The van der Waals surface area contributed by atoms with Crippen LogP contribution in [0.2, 0.25) is 0 Å². The van der Waals surface area contributed by atoms with E-state index in [0.717, 1.165) is 18.7 Å². The molecule has 1 aromatic rings. The molecule has 1 atom stereocenters. The van der Waals surface area contributed by atoms with Gasteiger partial charge in [0.2, 0.25) is 0 Å². The molecule has 0 aromatic heterocycles. The molecule has 1 fully saturated rings. The normalized spacial score (nSPS) is 25.9. The van der Waals surface area contributed by atoms with Gasteiger partial charge in [0, 0.05) is 18.8 Å². The molecule has 15 heavy (non-hydrogen) atoms. The average molecular weight is 208 g/mol. The van der Waals surface area contributed by atoms with Crippen LogP contribution in [0.25, 0.3) is 0 Å². The van der Waals surface area contributed by atoms with Gasteiger partial charge in [0.15, 0.2) is 0 Å². The van der Waals surface area contributed by atoms with Gasteiger partial charge < -0.3 is 10.6 Å². The Hall–Kier alpha value is -1.09. The van der Waals surface area contributed by atoms with Gasteiger partial charge in [-0.3, -0.25) is 0 Å². The molecule has 1 unspecified atom stereocenters. The lowest BCUT2D eigenvalue weighted by Gasteiger charge is -2.22. The van der Waals surface area contributed by atoms with Crippen molar-refractivity contribution in [2.24, 2.45) is 5.73 Å². The minimum Gasteiger partial charge on any atom is -0.370 e. The van der Waals surface area contributed by atoms with Gasteiger partial charge in [0.25, 0.3) is 0 Å². The molecule has 0 aliphatic carbocycles. The molecule has 1 aromatic carbocycles. The molecule has 2 rings (SSSR count). The summed E-state index contributed by atoms with van der Waals surface area (Å²) in [6.07, 6.45) is 0.734. The molecule has 3 heteroatoms. The number of halogens is 1. The van der Waals surface area contributed by atoms with Crippen LogP contribution in [0.4, 0.5) is 10.1 Å². The Bertz CT molecular complexity index is 336. The molecule has 2 N–H and O–H groups in total. The Morgan fingerprint density at radius 3 is 2.60 bits per heavy atom. The van der Waals surface area contributed by atoms with Crippen molar-refractivity contribution < 1.29 is 4.39 Å². The standard InChI is InChI=1S/C12H17FN2/c1-10-2-4-11(5-3-10)15-7-6-12(14,8-13)9-15/h2-5H,6-9,14H2,1H3. The molecule has 1 saturated heterocycles. The molecule has 0 saturated carbocycles. The van der Waals surface area contributed by atoms with Gasteiger partial charge >= 0.3 is 0 Å². The van der Waals surface area contributed by atoms with Crippen LogP contribution in [0.3, 0.4) is 0 Å². The maximum Gasteiger partial charge on any atom is 0.109 e. The first-order chi connectivity index (χ1) is 7.13. The number of hydrogen-bond donors (Lipinski definition) is 1. The smallest absolute Gasteiger partial charge is 0.109 e. The van der Waals surface area contributed by atoms with Crippen molar-refractivity contribution in [1.82, 2.24) is 0 Å². The van der Waals surface area contributed by atoms with Gasteiger partial charge in [-0.05, 0) is 25.5 Å². The largest absolute Gasteiger partial charge is 0.370 e. The van der Waals surface area contributed by atoms with E-state index in [1.54, 1.807) is 0 Å². The third-order valence-electron chi connectivity index (χ3n) is 3.05. The van der Waals surface area contributed by atoms with Gasteiger partial charge in [0.1, 0.15) is 6.67 Å². The van der Waals surface area contributed by atoms with Crippen molar-refractivity contribution >= 4 is 5.69 Å². The van der Waals surface area contributed by atoms with E-state index < -0.39 is 12.2 Å². The fourth-order valence-electron chi connectivity index (χ4n) is 1.98. The van der Waals surface area contributed by atoms with Crippen molar-refractivity contribution in [3.05, 3.63) is 29.8 Å². The Kier molecular flexibility index (Phi) is 2.65. The predicted octanol–water partition coefficient (Wildman–Crippen LogP) is 1.87. The Labute approximate surface area is 89.9 Å². The summed E-state index contributed by atoms with van der Waals surface area (Å²) in [6, 6.07) is 8.28. The van der Waals surface area contributed by atoms with E-state index in [9.17, 15) is 4.39 Å². The van der Waals surface area contributed by atoms with E-state index in [-0.39, 0.29) is 0 Å². The maximum atomic E-state index is 12.7. The molecule has 1 aliphatic rings. The van der Waals surface area contributed by atoms with Gasteiger partial charge in [-0.15, -0.1) is 0 Å². The second-order valence-electron chi connectivity index (χ2n) is 4.50. The van der Waals surface area contributed by atoms with Gasteiger partial charge in [-0.25, -0.2) is 4.39 Å².